The number of rotatable bonds is 6. The van der Waals surface area contributed by atoms with Gasteiger partial charge < -0.3 is 4.74 Å². The summed E-state index contributed by atoms with van der Waals surface area (Å²) in [5, 5.41) is 3.79. The molecule has 0 saturated carbocycles. The van der Waals surface area contributed by atoms with E-state index in [4.69, 9.17) is 4.74 Å². The van der Waals surface area contributed by atoms with Gasteiger partial charge in [0, 0.05) is 0 Å². The Labute approximate surface area is 130 Å². The van der Waals surface area contributed by atoms with Crippen molar-refractivity contribution in [1.82, 2.24) is 4.83 Å². The highest BCUT2D eigenvalue weighted by atomic mass is 32.2. The lowest BCUT2D eigenvalue weighted by molar-refractivity contribution is 0.242. The Morgan fingerprint density at radius 1 is 1.09 bits per heavy atom. The van der Waals surface area contributed by atoms with Crippen LogP contribution in [0.4, 0.5) is 0 Å². The molecular formula is C16H18N2O3S. The van der Waals surface area contributed by atoms with E-state index in [0.29, 0.717) is 5.75 Å². The lowest BCUT2D eigenvalue weighted by Crippen LogP contribution is -2.18. The topological polar surface area (TPSA) is 67.8 Å². The highest BCUT2D eigenvalue weighted by molar-refractivity contribution is 7.89. The van der Waals surface area contributed by atoms with Crippen molar-refractivity contribution in [2.45, 2.75) is 24.8 Å². The van der Waals surface area contributed by atoms with Gasteiger partial charge in [-0.15, -0.1) is 0 Å². The van der Waals surface area contributed by atoms with Crippen LogP contribution in [0.3, 0.4) is 0 Å². The van der Waals surface area contributed by atoms with Crippen LogP contribution in [0.2, 0.25) is 0 Å². The van der Waals surface area contributed by atoms with Gasteiger partial charge in [0.25, 0.3) is 10.0 Å². The first-order valence-corrected chi connectivity index (χ1v) is 8.32. The highest BCUT2D eigenvalue weighted by Crippen LogP contribution is 2.13. The average molecular weight is 318 g/mol. The van der Waals surface area contributed by atoms with Crippen LogP contribution in [0.5, 0.6) is 5.75 Å². The van der Waals surface area contributed by atoms with Crippen LogP contribution in [0.25, 0.3) is 0 Å². The van der Waals surface area contributed by atoms with Gasteiger partial charge in [0.05, 0.1) is 17.2 Å². The minimum absolute atomic E-state index is 0.0729. The SMILES string of the molecule is CC(C)Oc1cccc(/C=N/NS(=O)(=O)c2ccccc2)c1. The largest absolute Gasteiger partial charge is 0.491 e. The van der Waals surface area contributed by atoms with Gasteiger partial charge in [0.15, 0.2) is 0 Å². The van der Waals surface area contributed by atoms with Crippen molar-refractivity contribution in [2.24, 2.45) is 5.10 Å². The molecule has 0 spiro atoms. The maximum absolute atomic E-state index is 12.0. The van der Waals surface area contributed by atoms with Crippen LogP contribution in [0.15, 0.2) is 64.6 Å². The van der Waals surface area contributed by atoms with E-state index in [9.17, 15) is 8.42 Å². The molecule has 2 aromatic carbocycles. The van der Waals surface area contributed by atoms with E-state index in [1.807, 2.05) is 32.0 Å². The van der Waals surface area contributed by atoms with Gasteiger partial charge in [-0.1, -0.05) is 30.3 Å². The van der Waals surface area contributed by atoms with E-state index < -0.39 is 10.0 Å². The summed E-state index contributed by atoms with van der Waals surface area (Å²) in [6.07, 6.45) is 1.51. The van der Waals surface area contributed by atoms with Gasteiger partial charge in [-0.3, -0.25) is 0 Å². The predicted octanol–water partition coefficient (Wildman–Crippen LogP) is 2.79. The third kappa shape index (κ3) is 4.60. The summed E-state index contributed by atoms with van der Waals surface area (Å²) in [6, 6.07) is 15.4. The molecule has 0 bridgehead atoms. The van der Waals surface area contributed by atoms with Crippen molar-refractivity contribution in [1.29, 1.82) is 0 Å². The molecule has 2 aromatic rings. The van der Waals surface area contributed by atoms with E-state index in [1.165, 1.54) is 18.3 Å². The van der Waals surface area contributed by atoms with Crippen LogP contribution in [-0.2, 0) is 10.0 Å². The lowest BCUT2D eigenvalue weighted by atomic mass is 10.2. The first-order chi connectivity index (χ1) is 10.5. The fourth-order valence-electron chi connectivity index (χ4n) is 1.76. The summed E-state index contributed by atoms with van der Waals surface area (Å²) in [5.74, 6) is 0.713. The van der Waals surface area contributed by atoms with E-state index in [2.05, 4.69) is 9.93 Å². The summed E-state index contributed by atoms with van der Waals surface area (Å²) in [7, 11) is -3.64. The zero-order chi connectivity index (χ0) is 16.0. The molecule has 1 N–H and O–H groups in total. The Bertz CT molecular complexity index is 741. The Morgan fingerprint density at radius 2 is 1.82 bits per heavy atom. The first kappa shape index (κ1) is 16.0. The normalized spacial score (nSPS) is 11.8. The molecule has 0 unspecified atom stereocenters. The maximum atomic E-state index is 12.0. The van der Waals surface area contributed by atoms with Crippen molar-refractivity contribution in [3.8, 4) is 5.75 Å². The molecule has 0 heterocycles. The number of benzene rings is 2. The van der Waals surface area contributed by atoms with Gasteiger partial charge >= 0.3 is 0 Å². The van der Waals surface area contributed by atoms with Crippen molar-refractivity contribution >= 4 is 16.2 Å². The zero-order valence-corrected chi connectivity index (χ0v) is 13.2. The average Bonchev–Trinajstić information content (AvgIpc) is 2.48. The minimum Gasteiger partial charge on any atom is -0.491 e. The maximum Gasteiger partial charge on any atom is 0.276 e. The molecule has 0 saturated heterocycles. The van der Waals surface area contributed by atoms with Crippen LogP contribution < -0.4 is 9.57 Å². The zero-order valence-electron chi connectivity index (χ0n) is 12.4. The summed E-state index contributed by atoms with van der Waals surface area (Å²) in [4.78, 5) is 2.36. The molecule has 116 valence electrons. The van der Waals surface area contributed by atoms with Crippen LogP contribution >= 0.6 is 0 Å². The van der Waals surface area contributed by atoms with E-state index in [-0.39, 0.29) is 11.0 Å². The molecule has 2 rings (SSSR count). The van der Waals surface area contributed by atoms with Crippen LogP contribution in [0.1, 0.15) is 19.4 Å². The quantitative estimate of drug-likeness (QED) is 0.658. The monoisotopic (exact) mass is 318 g/mol. The van der Waals surface area contributed by atoms with Gasteiger partial charge in [-0.25, -0.2) is 4.83 Å². The Kier molecular flexibility index (Phi) is 5.16. The van der Waals surface area contributed by atoms with Gasteiger partial charge in [0.1, 0.15) is 5.75 Å². The molecule has 22 heavy (non-hydrogen) atoms. The first-order valence-electron chi connectivity index (χ1n) is 6.84. The Hall–Kier alpha value is -2.34. The molecule has 0 amide bonds. The smallest absolute Gasteiger partial charge is 0.276 e. The number of hydrogen-bond donors (Lipinski definition) is 1. The molecule has 0 radical (unpaired) electrons. The van der Waals surface area contributed by atoms with Crippen molar-refractivity contribution in [2.75, 3.05) is 0 Å². The minimum atomic E-state index is -3.64. The second-order valence-corrected chi connectivity index (χ2v) is 6.57. The number of sulfonamides is 1. The fourth-order valence-corrected chi connectivity index (χ4v) is 2.58. The third-order valence-electron chi connectivity index (χ3n) is 2.67. The number of hydrazone groups is 1. The molecule has 0 atom stereocenters. The van der Waals surface area contributed by atoms with Gasteiger partial charge in [0.2, 0.25) is 0 Å². The summed E-state index contributed by atoms with van der Waals surface area (Å²) in [5.41, 5.74) is 0.744. The molecule has 0 aromatic heterocycles. The molecule has 0 fully saturated rings. The number of hydrogen-bond acceptors (Lipinski definition) is 4. The Balaban J connectivity index is 2.07. The number of nitrogens with zero attached hydrogens (tertiary/aromatic N) is 1. The molecule has 6 heteroatoms. The van der Waals surface area contributed by atoms with Crippen molar-refractivity contribution < 1.29 is 13.2 Å². The second-order valence-electron chi connectivity index (χ2n) is 4.91. The second kappa shape index (κ2) is 7.09. The summed E-state index contributed by atoms with van der Waals surface area (Å²) in [6.45, 7) is 3.88. The van der Waals surface area contributed by atoms with Crippen molar-refractivity contribution in [3.63, 3.8) is 0 Å². The van der Waals surface area contributed by atoms with Crippen LogP contribution in [-0.4, -0.2) is 20.7 Å². The predicted molar refractivity (Wildman–Crippen MR) is 86.6 cm³/mol. The molecular weight excluding hydrogens is 300 g/mol. The Morgan fingerprint density at radius 3 is 2.50 bits per heavy atom. The number of nitrogens with one attached hydrogen (secondary N) is 1. The standard InChI is InChI=1S/C16H18N2O3S/c1-13(2)21-15-8-6-7-14(11-15)12-17-18-22(19,20)16-9-4-3-5-10-16/h3-13,18H,1-2H3/b17-12+. The van der Waals surface area contributed by atoms with Gasteiger partial charge in [-0.05, 0) is 43.7 Å². The van der Waals surface area contributed by atoms with E-state index >= 15 is 0 Å². The fraction of sp³-hybridized carbons (Fsp3) is 0.188. The van der Waals surface area contributed by atoms with Gasteiger partial charge in [-0.2, -0.15) is 13.5 Å². The van der Waals surface area contributed by atoms with E-state index in [1.54, 1.807) is 24.3 Å². The molecule has 5 nitrogen and oxygen atoms in total. The highest BCUT2D eigenvalue weighted by Gasteiger charge is 2.10. The summed E-state index contributed by atoms with van der Waals surface area (Å²) < 4.78 is 29.5. The number of ether oxygens (including phenoxy) is 1. The van der Waals surface area contributed by atoms with Crippen LogP contribution in [0, 0.1) is 0 Å². The molecule has 0 aliphatic rings. The molecule has 0 aliphatic carbocycles. The summed E-state index contributed by atoms with van der Waals surface area (Å²) >= 11 is 0. The van der Waals surface area contributed by atoms with E-state index in [0.717, 1.165) is 5.56 Å². The molecule has 0 aliphatic heterocycles. The lowest BCUT2D eigenvalue weighted by Gasteiger charge is -2.09. The third-order valence-corrected chi connectivity index (χ3v) is 3.91. The van der Waals surface area contributed by atoms with Crippen molar-refractivity contribution in [3.05, 3.63) is 60.2 Å².